The SMILES string of the molecule is CC1CN(C)CCN1C(=O)c1ccc(CCl)cc1. The molecule has 2 rings (SSSR count). The molecular weight excluding hydrogens is 248 g/mol. The van der Waals surface area contributed by atoms with E-state index < -0.39 is 0 Å². The third-order valence-electron chi connectivity index (χ3n) is 3.45. The molecule has 1 saturated heterocycles. The fraction of sp³-hybridized carbons (Fsp3) is 0.500. The molecule has 0 spiro atoms. The second-order valence-corrected chi connectivity index (χ2v) is 5.21. The van der Waals surface area contributed by atoms with Crippen LogP contribution < -0.4 is 0 Å². The molecule has 1 aliphatic rings. The molecule has 1 heterocycles. The monoisotopic (exact) mass is 266 g/mol. The van der Waals surface area contributed by atoms with Gasteiger partial charge in [0.25, 0.3) is 5.91 Å². The minimum Gasteiger partial charge on any atom is -0.333 e. The van der Waals surface area contributed by atoms with E-state index >= 15 is 0 Å². The normalized spacial score (nSPS) is 21.1. The molecule has 0 aromatic heterocycles. The average Bonchev–Trinajstić information content (AvgIpc) is 2.38. The Kier molecular flexibility index (Phi) is 4.25. The van der Waals surface area contributed by atoms with Crippen molar-refractivity contribution in [1.82, 2.24) is 9.80 Å². The van der Waals surface area contributed by atoms with E-state index in [1.54, 1.807) is 0 Å². The van der Waals surface area contributed by atoms with Crippen molar-refractivity contribution >= 4 is 17.5 Å². The third kappa shape index (κ3) is 2.85. The summed E-state index contributed by atoms with van der Waals surface area (Å²) in [5, 5.41) is 0. The number of carbonyl (C=O) groups is 1. The van der Waals surface area contributed by atoms with Crippen LogP contribution in [0.25, 0.3) is 0 Å². The molecule has 0 radical (unpaired) electrons. The number of alkyl halides is 1. The lowest BCUT2D eigenvalue weighted by Crippen LogP contribution is -2.52. The largest absolute Gasteiger partial charge is 0.333 e. The van der Waals surface area contributed by atoms with Gasteiger partial charge in [-0.25, -0.2) is 0 Å². The summed E-state index contributed by atoms with van der Waals surface area (Å²) in [5.41, 5.74) is 1.79. The second kappa shape index (κ2) is 5.72. The van der Waals surface area contributed by atoms with Crippen molar-refractivity contribution in [3.05, 3.63) is 35.4 Å². The van der Waals surface area contributed by atoms with Crippen molar-refractivity contribution in [2.75, 3.05) is 26.7 Å². The number of carbonyl (C=O) groups excluding carboxylic acids is 1. The summed E-state index contributed by atoms with van der Waals surface area (Å²) < 4.78 is 0. The third-order valence-corrected chi connectivity index (χ3v) is 3.76. The van der Waals surface area contributed by atoms with Crippen LogP contribution in [0.5, 0.6) is 0 Å². The van der Waals surface area contributed by atoms with Gasteiger partial charge in [-0.05, 0) is 31.7 Å². The molecule has 0 bridgehead atoms. The predicted octanol–water partition coefficient (Wildman–Crippen LogP) is 2.20. The standard InChI is InChI=1S/C14H19ClN2O/c1-11-10-16(2)7-8-17(11)14(18)13-5-3-12(9-15)4-6-13/h3-6,11H,7-10H2,1-2H3. The van der Waals surface area contributed by atoms with Gasteiger partial charge in [0.1, 0.15) is 0 Å². The number of amides is 1. The Morgan fingerprint density at radius 2 is 2.00 bits per heavy atom. The highest BCUT2D eigenvalue weighted by molar-refractivity contribution is 6.17. The van der Waals surface area contributed by atoms with Crippen LogP contribution in [0.4, 0.5) is 0 Å². The number of benzene rings is 1. The molecule has 1 amide bonds. The molecule has 0 N–H and O–H groups in total. The highest BCUT2D eigenvalue weighted by atomic mass is 35.5. The Morgan fingerprint density at radius 3 is 2.56 bits per heavy atom. The maximum atomic E-state index is 12.4. The zero-order valence-electron chi connectivity index (χ0n) is 10.9. The highest BCUT2D eigenvalue weighted by Gasteiger charge is 2.26. The molecule has 1 aliphatic heterocycles. The van der Waals surface area contributed by atoms with Crippen molar-refractivity contribution in [3.8, 4) is 0 Å². The lowest BCUT2D eigenvalue weighted by molar-refractivity contribution is 0.0533. The molecule has 1 atom stereocenters. The van der Waals surface area contributed by atoms with Crippen molar-refractivity contribution in [3.63, 3.8) is 0 Å². The second-order valence-electron chi connectivity index (χ2n) is 4.94. The average molecular weight is 267 g/mol. The minimum atomic E-state index is 0.122. The molecule has 1 aromatic rings. The van der Waals surface area contributed by atoms with Crippen molar-refractivity contribution in [1.29, 1.82) is 0 Å². The van der Waals surface area contributed by atoms with Gasteiger partial charge in [-0.15, -0.1) is 11.6 Å². The van der Waals surface area contributed by atoms with Gasteiger partial charge in [0, 0.05) is 37.1 Å². The van der Waals surface area contributed by atoms with E-state index in [0.29, 0.717) is 5.88 Å². The molecular formula is C14H19ClN2O. The smallest absolute Gasteiger partial charge is 0.254 e. The first-order chi connectivity index (χ1) is 8.61. The van der Waals surface area contributed by atoms with Gasteiger partial charge in [-0.3, -0.25) is 4.79 Å². The Morgan fingerprint density at radius 1 is 1.33 bits per heavy atom. The summed E-state index contributed by atoms with van der Waals surface area (Å²) in [5.74, 6) is 0.607. The lowest BCUT2D eigenvalue weighted by atomic mass is 10.1. The number of hydrogen-bond acceptors (Lipinski definition) is 2. The van der Waals surface area contributed by atoms with Crippen LogP contribution in [-0.2, 0) is 5.88 Å². The van der Waals surface area contributed by atoms with Gasteiger partial charge in [0.05, 0.1) is 0 Å². The molecule has 0 aliphatic carbocycles. The predicted molar refractivity (Wildman–Crippen MR) is 74.0 cm³/mol. The van der Waals surface area contributed by atoms with E-state index in [9.17, 15) is 4.79 Å². The van der Waals surface area contributed by atoms with Crippen LogP contribution in [-0.4, -0.2) is 48.4 Å². The highest BCUT2D eigenvalue weighted by Crippen LogP contribution is 2.14. The van der Waals surface area contributed by atoms with E-state index in [-0.39, 0.29) is 11.9 Å². The summed E-state index contributed by atoms with van der Waals surface area (Å²) in [6.07, 6.45) is 0. The Labute approximate surface area is 113 Å². The number of rotatable bonds is 2. The number of likely N-dealkylation sites (N-methyl/N-ethyl adjacent to an activating group) is 1. The van der Waals surface area contributed by atoms with Gasteiger partial charge >= 0.3 is 0 Å². The Balaban J connectivity index is 2.10. The van der Waals surface area contributed by atoms with Crippen LogP contribution in [0.2, 0.25) is 0 Å². The first kappa shape index (κ1) is 13.4. The molecule has 98 valence electrons. The van der Waals surface area contributed by atoms with Crippen LogP contribution in [0, 0.1) is 0 Å². The van der Waals surface area contributed by atoms with E-state index in [0.717, 1.165) is 30.8 Å². The van der Waals surface area contributed by atoms with Crippen LogP contribution in [0.3, 0.4) is 0 Å². The zero-order chi connectivity index (χ0) is 13.1. The summed E-state index contributed by atoms with van der Waals surface area (Å²) in [6.45, 7) is 4.77. The minimum absolute atomic E-state index is 0.122. The fourth-order valence-electron chi connectivity index (χ4n) is 2.34. The van der Waals surface area contributed by atoms with E-state index in [4.69, 9.17) is 11.6 Å². The van der Waals surface area contributed by atoms with Crippen molar-refractivity contribution < 1.29 is 4.79 Å². The van der Waals surface area contributed by atoms with Gasteiger partial charge < -0.3 is 9.80 Å². The lowest BCUT2D eigenvalue weighted by Gasteiger charge is -2.38. The van der Waals surface area contributed by atoms with Gasteiger partial charge in [-0.1, -0.05) is 12.1 Å². The van der Waals surface area contributed by atoms with Gasteiger partial charge in [-0.2, -0.15) is 0 Å². The number of hydrogen-bond donors (Lipinski definition) is 0. The van der Waals surface area contributed by atoms with Crippen LogP contribution in [0.15, 0.2) is 24.3 Å². The van der Waals surface area contributed by atoms with E-state index in [2.05, 4.69) is 18.9 Å². The Hall–Kier alpha value is -1.06. The summed E-state index contributed by atoms with van der Waals surface area (Å²) in [7, 11) is 2.09. The van der Waals surface area contributed by atoms with Crippen molar-refractivity contribution in [2.24, 2.45) is 0 Å². The zero-order valence-corrected chi connectivity index (χ0v) is 11.7. The number of piperazine rings is 1. The summed E-state index contributed by atoms with van der Waals surface area (Å²) >= 11 is 5.75. The van der Waals surface area contributed by atoms with Gasteiger partial charge in [0.2, 0.25) is 0 Å². The Bertz CT molecular complexity index is 418. The van der Waals surface area contributed by atoms with Crippen LogP contribution >= 0.6 is 11.6 Å². The van der Waals surface area contributed by atoms with Crippen LogP contribution in [0.1, 0.15) is 22.8 Å². The summed E-state index contributed by atoms with van der Waals surface area (Å²) in [4.78, 5) is 16.6. The summed E-state index contributed by atoms with van der Waals surface area (Å²) in [6, 6.07) is 7.84. The molecule has 1 aromatic carbocycles. The number of nitrogens with zero attached hydrogens (tertiary/aromatic N) is 2. The first-order valence-electron chi connectivity index (χ1n) is 6.26. The molecule has 0 saturated carbocycles. The van der Waals surface area contributed by atoms with Gasteiger partial charge in [0.15, 0.2) is 0 Å². The molecule has 1 unspecified atom stereocenters. The maximum absolute atomic E-state index is 12.4. The van der Waals surface area contributed by atoms with E-state index in [1.165, 1.54) is 0 Å². The molecule has 3 nitrogen and oxygen atoms in total. The fourth-order valence-corrected chi connectivity index (χ4v) is 2.52. The molecule has 4 heteroatoms. The van der Waals surface area contributed by atoms with E-state index in [1.807, 2.05) is 29.2 Å². The topological polar surface area (TPSA) is 23.6 Å². The number of halogens is 1. The molecule has 1 fully saturated rings. The van der Waals surface area contributed by atoms with Crippen molar-refractivity contribution in [2.45, 2.75) is 18.8 Å². The maximum Gasteiger partial charge on any atom is 0.254 e. The molecule has 18 heavy (non-hydrogen) atoms. The first-order valence-corrected chi connectivity index (χ1v) is 6.79. The quantitative estimate of drug-likeness (QED) is 0.767.